The van der Waals surface area contributed by atoms with Gasteiger partial charge < -0.3 is 10.2 Å². The molecule has 1 atom stereocenters. The number of carbonyl (C=O) groups is 1. The van der Waals surface area contributed by atoms with Gasteiger partial charge in [0.1, 0.15) is 0 Å². The predicted octanol–water partition coefficient (Wildman–Crippen LogP) is 3.52. The summed E-state index contributed by atoms with van der Waals surface area (Å²) < 4.78 is 24.8. The molecule has 1 aliphatic carbocycles. The van der Waals surface area contributed by atoms with Gasteiger partial charge in [0, 0.05) is 22.2 Å². The van der Waals surface area contributed by atoms with Crippen molar-refractivity contribution in [2.24, 2.45) is 0 Å². The van der Waals surface area contributed by atoms with E-state index in [0.717, 1.165) is 41.4 Å². The fourth-order valence-corrected chi connectivity index (χ4v) is 6.43. The molecule has 2 fully saturated rings. The first-order valence-electron chi connectivity index (χ1n) is 9.37. The van der Waals surface area contributed by atoms with Crippen LogP contribution in [-0.2, 0) is 14.6 Å². The van der Waals surface area contributed by atoms with E-state index in [1.54, 1.807) is 0 Å². The molecule has 3 rings (SSSR count). The molecule has 7 heteroatoms. The monoisotopic (exact) mass is 442 g/mol. The molecule has 1 aromatic rings. The maximum absolute atomic E-state index is 13.0. The molecule has 0 spiro atoms. The molecule has 1 heterocycles. The molecule has 5 nitrogen and oxygen atoms in total. The SMILES string of the molecule is Cc1ccc(NCC(=O)N(C2CCCCC2)C2CCS(=O)(=O)C2)c(Br)c1. The number of aryl methyl sites for hydroxylation is 1. The van der Waals surface area contributed by atoms with Gasteiger partial charge in [0.15, 0.2) is 9.84 Å². The lowest BCUT2D eigenvalue weighted by Crippen LogP contribution is -2.50. The van der Waals surface area contributed by atoms with Gasteiger partial charge in [0.05, 0.1) is 18.1 Å². The molecule has 0 bridgehead atoms. The highest BCUT2D eigenvalue weighted by Crippen LogP contribution is 2.29. The zero-order valence-electron chi connectivity index (χ0n) is 15.2. The number of nitrogens with zero attached hydrogens (tertiary/aromatic N) is 1. The lowest BCUT2D eigenvalue weighted by molar-refractivity contribution is -0.134. The Kier molecular flexibility index (Phi) is 6.28. The number of sulfone groups is 1. The van der Waals surface area contributed by atoms with Gasteiger partial charge in [0.2, 0.25) is 5.91 Å². The molecular formula is C19H27BrN2O3S. The molecule has 144 valence electrons. The fraction of sp³-hybridized carbons (Fsp3) is 0.632. The van der Waals surface area contributed by atoms with Crippen LogP contribution in [0.1, 0.15) is 44.1 Å². The average molecular weight is 443 g/mol. The summed E-state index contributed by atoms with van der Waals surface area (Å²) in [6.45, 7) is 2.21. The van der Waals surface area contributed by atoms with Crippen molar-refractivity contribution in [3.63, 3.8) is 0 Å². The van der Waals surface area contributed by atoms with E-state index in [9.17, 15) is 13.2 Å². The number of rotatable bonds is 5. The van der Waals surface area contributed by atoms with Crippen LogP contribution in [0.4, 0.5) is 5.69 Å². The number of halogens is 1. The zero-order valence-corrected chi connectivity index (χ0v) is 17.6. The standard InChI is InChI=1S/C19H27BrN2O3S/c1-14-7-8-18(17(20)11-14)21-12-19(23)22(15-5-3-2-4-6-15)16-9-10-26(24,25)13-16/h7-8,11,15-16,21H,2-6,9-10,12-13H2,1H3. The number of hydrogen-bond donors (Lipinski definition) is 1. The van der Waals surface area contributed by atoms with Crippen LogP contribution < -0.4 is 5.32 Å². The molecule has 2 aliphatic rings. The summed E-state index contributed by atoms with van der Waals surface area (Å²) in [5.74, 6) is 0.320. The molecule has 1 unspecified atom stereocenters. The van der Waals surface area contributed by atoms with Crippen LogP contribution in [0.25, 0.3) is 0 Å². The van der Waals surface area contributed by atoms with Crippen molar-refractivity contribution in [1.82, 2.24) is 4.90 Å². The number of nitrogens with one attached hydrogen (secondary N) is 1. The molecule has 1 aliphatic heterocycles. The minimum Gasteiger partial charge on any atom is -0.375 e. The van der Waals surface area contributed by atoms with Crippen molar-refractivity contribution in [2.75, 3.05) is 23.4 Å². The van der Waals surface area contributed by atoms with E-state index in [4.69, 9.17) is 0 Å². The summed E-state index contributed by atoms with van der Waals surface area (Å²) >= 11 is 3.53. The maximum atomic E-state index is 13.0. The molecular weight excluding hydrogens is 416 g/mol. The molecule has 0 radical (unpaired) electrons. The summed E-state index contributed by atoms with van der Waals surface area (Å²) in [4.78, 5) is 14.9. The number of hydrogen-bond acceptors (Lipinski definition) is 4. The van der Waals surface area contributed by atoms with Crippen LogP contribution in [0.5, 0.6) is 0 Å². The van der Waals surface area contributed by atoms with Crippen LogP contribution in [0.3, 0.4) is 0 Å². The quantitative estimate of drug-likeness (QED) is 0.757. The lowest BCUT2D eigenvalue weighted by Gasteiger charge is -2.38. The third-order valence-corrected chi connectivity index (χ3v) is 7.82. The van der Waals surface area contributed by atoms with Crippen molar-refractivity contribution in [1.29, 1.82) is 0 Å². The molecule has 1 saturated heterocycles. The van der Waals surface area contributed by atoms with E-state index in [0.29, 0.717) is 6.42 Å². The highest BCUT2D eigenvalue weighted by Gasteiger charge is 2.38. The summed E-state index contributed by atoms with van der Waals surface area (Å²) in [7, 11) is -3.01. The summed E-state index contributed by atoms with van der Waals surface area (Å²) in [6, 6.07) is 5.98. The van der Waals surface area contributed by atoms with Gasteiger partial charge in [-0.3, -0.25) is 4.79 Å². The Balaban J connectivity index is 1.71. The van der Waals surface area contributed by atoms with Crippen LogP contribution in [0, 0.1) is 6.92 Å². The topological polar surface area (TPSA) is 66.5 Å². The summed E-state index contributed by atoms with van der Waals surface area (Å²) in [5, 5.41) is 3.22. The van der Waals surface area contributed by atoms with Crippen LogP contribution >= 0.6 is 15.9 Å². The van der Waals surface area contributed by atoms with Crippen molar-refractivity contribution in [3.05, 3.63) is 28.2 Å². The number of anilines is 1. The van der Waals surface area contributed by atoms with Gasteiger partial charge in [-0.15, -0.1) is 0 Å². The second kappa shape index (κ2) is 8.30. The zero-order chi connectivity index (χ0) is 18.7. The normalized spacial score (nSPS) is 22.9. The maximum Gasteiger partial charge on any atom is 0.242 e. The van der Waals surface area contributed by atoms with Crippen LogP contribution in [-0.4, -0.2) is 49.4 Å². The minimum absolute atomic E-state index is 0.00600. The minimum atomic E-state index is -3.01. The van der Waals surface area contributed by atoms with Gasteiger partial charge in [-0.05, 0) is 59.8 Å². The van der Waals surface area contributed by atoms with E-state index < -0.39 is 9.84 Å². The third kappa shape index (κ3) is 4.80. The Hall–Kier alpha value is -1.08. The first-order valence-corrected chi connectivity index (χ1v) is 12.0. The third-order valence-electron chi connectivity index (χ3n) is 5.41. The Labute approximate surface area is 164 Å². The van der Waals surface area contributed by atoms with Crippen molar-refractivity contribution < 1.29 is 13.2 Å². The second-order valence-corrected chi connectivity index (χ2v) is 10.6. The molecule has 1 saturated carbocycles. The summed E-state index contributed by atoms with van der Waals surface area (Å²) in [6.07, 6.45) is 5.97. The van der Waals surface area contributed by atoms with Crippen molar-refractivity contribution in [2.45, 2.75) is 57.5 Å². The Morgan fingerprint density at radius 1 is 1.19 bits per heavy atom. The molecule has 0 aromatic heterocycles. The van der Waals surface area contributed by atoms with Gasteiger partial charge in [-0.25, -0.2) is 8.42 Å². The van der Waals surface area contributed by atoms with E-state index >= 15 is 0 Å². The predicted molar refractivity (Wildman–Crippen MR) is 108 cm³/mol. The first-order chi connectivity index (χ1) is 12.4. The average Bonchev–Trinajstić information content (AvgIpc) is 2.95. The molecule has 1 N–H and O–H groups in total. The first kappa shape index (κ1) is 19.7. The smallest absolute Gasteiger partial charge is 0.242 e. The number of carbonyl (C=O) groups excluding carboxylic acids is 1. The van der Waals surface area contributed by atoms with Gasteiger partial charge in [-0.1, -0.05) is 25.3 Å². The van der Waals surface area contributed by atoms with Crippen molar-refractivity contribution in [3.8, 4) is 0 Å². The lowest BCUT2D eigenvalue weighted by atomic mass is 9.93. The van der Waals surface area contributed by atoms with Gasteiger partial charge in [0.25, 0.3) is 0 Å². The Morgan fingerprint density at radius 3 is 2.54 bits per heavy atom. The van der Waals surface area contributed by atoms with E-state index in [-0.39, 0.29) is 36.0 Å². The summed E-state index contributed by atoms with van der Waals surface area (Å²) in [5.41, 5.74) is 2.03. The largest absolute Gasteiger partial charge is 0.375 e. The van der Waals surface area contributed by atoms with E-state index in [2.05, 4.69) is 21.2 Å². The fourth-order valence-electron chi connectivity index (χ4n) is 4.09. The highest BCUT2D eigenvalue weighted by atomic mass is 79.9. The second-order valence-electron chi connectivity index (χ2n) is 7.49. The van der Waals surface area contributed by atoms with Crippen LogP contribution in [0.15, 0.2) is 22.7 Å². The van der Waals surface area contributed by atoms with Gasteiger partial charge in [-0.2, -0.15) is 0 Å². The van der Waals surface area contributed by atoms with Gasteiger partial charge >= 0.3 is 0 Å². The Morgan fingerprint density at radius 2 is 1.92 bits per heavy atom. The highest BCUT2D eigenvalue weighted by molar-refractivity contribution is 9.10. The van der Waals surface area contributed by atoms with E-state index in [1.165, 1.54) is 6.42 Å². The molecule has 1 amide bonds. The molecule has 1 aromatic carbocycles. The Bertz CT molecular complexity index is 760. The van der Waals surface area contributed by atoms with E-state index in [1.807, 2.05) is 30.0 Å². The van der Waals surface area contributed by atoms with Crippen molar-refractivity contribution >= 4 is 37.4 Å². The van der Waals surface area contributed by atoms with Crippen LogP contribution in [0.2, 0.25) is 0 Å². The molecule has 26 heavy (non-hydrogen) atoms. The number of amides is 1. The number of benzene rings is 1.